The molecule has 0 fully saturated rings. The van der Waals surface area contributed by atoms with Crippen LogP contribution in [0.4, 0.5) is 0 Å². The lowest BCUT2D eigenvalue weighted by molar-refractivity contribution is 0.0690. The molecule has 76 valence electrons. The average molecular weight is 204 g/mol. The Balaban J connectivity index is 2.41. The highest BCUT2D eigenvalue weighted by Crippen LogP contribution is 2.18. The first-order valence-electron chi connectivity index (χ1n) is 4.28. The molecule has 0 saturated heterocycles. The zero-order valence-electron chi connectivity index (χ0n) is 7.97. The summed E-state index contributed by atoms with van der Waals surface area (Å²) in [6.45, 7) is 1.84. The van der Waals surface area contributed by atoms with E-state index in [-0.39, 0.29) is 11.6 Å². The smallest absolute Gasteiger partial charge is 0.357 e. The third-order valence-corrected chi connectivity index (χ3v) is 1.87. The van der Waals surface area contributed by atoms with Gasteiger partial charge in [0.05, 0.1) is 0 Å². The van der Waals surface area contributed by atoms with Gasteiger partial charge in [-0.3, -0.25) is 4.98 Å². The van der Waals surface area contributed by atoms with Gasteiger partial charge in [-0.1, -0.05) is 0 Å². The predicted octanol–water partition coefficient (Wildman–Crippen LogP) is 1.74. The summed E-state index contributed by atoms with van der Waals surface area (Å²) >= 11 is 0. The van der Waals surface area contributed by atoms with Gasteiger partial charge in [-0.15, -0.1) is 0 Å². The van der Waals surface area contributed by atoms with Crippen LogP contribution in [-0.4, -0.2) is 21.0 Å². The van der Waals surface area contributed by atoms with Crippen LogP contribution in [-0.2, 0) is 0 Å². The van der Waals surface area contributed by atoms with Gasteiger partial charge in [0.15, 0.2) is 5.69 Å². The first-order valence-corrected chi connectivity index (χ1v) is 4.28. The number of oxazole rings is 1. The van der Waals surface area contributed by atoms with Crippen LogP contribution >= 0.6 is 0 Å². The highest BCUT2D eigenvalue weighted by atomic mass is 16.4. The van der Waals surface area contributed by atoms with Crippen molar-refractivity contribution >= 4 is 5.97 Å². The second-order valence-corrected chi connectivity index (χ2v) is 3.03. The van der Waals surface area contributed by atoms with Gasteiger partial charge in [0.2, 0.25) is 5.89 Å². The number of aryl methyl sites for hydroxylation is 1. The topological polar surface area (TPSA) is 76.2 Å². The number of hydrogen-bond acceptors (Lipinski definition) is 4. The van der Waals surface area contributed by atoms with Gasteiger partial charge >= 0.3 is 5.97 Å². The molecule has 0 aromatic carbocycles. The third-order valence-electron chi connectivity index (χ3n) is 1.87. The van der Waals surface area contributed by atoms with E-state index in [4.69, 9.17) is 9.52 Å². The average Bonchev–Trinajstić information content (AvgIpc) is 2.66. The minimum absolute atomic E-state index is 0.0977. The fourth-order valence-electron chi connectivity index (χ4n) is 1.18. The van der Waals surface area contributed by atoms with Crippen molar-refractivity contribution in [3.05, 3.63) is 36.0 Å². The number of carboxylic acids is 1. The quantitative estimate of drug-likeness (QED) is 0.806. The molecular formula is C10H8N2O3. The van der Waals surface area contributed by atoms with Crippen LogP contribution in [0.15, 0.2) is 29.0 Å². The van der Waals surface area contributed by atoms with Crippen molar-refractivity contribution in [2.45, 2.75) is 6.92 Å². The lowest BCUT2D eigenvalue weighted by Crippen LogP contribution is -1.95. The van der Waals surface area contributed by atoms with E-state index < -0.39 is 5.97 Å². The first-order chi connectivity index (χ1) is 7.16. The fourth-order valence-corrected chi connectivity index (χ4v) is 1.18. The molecule has 2 rings (SSSR count). The highest BCUT2D eigenvalue weighted by Gasteiger charge is 2.11. The largest absolute Gasteiger partial charge is 0.476 e. The lowest BCUT2D eigenvalue weighted by Gasteiger charge is -1.95. The Kier molecular flexibility index (Phi) is 2.21. The minimum atomic E-state index is -1.10. The van der Waals surface area contributed by atoms with Gasteiger partial charge in [-0.25, -0.2) is 9.78 Å². The van der Waals surface area contributed by atoms with Crippen LogP contribution in [0.5, 0.6) is 0 Å². The van der Waals surface area contributed by atoms with Crippen LogP contribution in [0.3, 0.4) is 0 Å². The second-order valence-electron chi connectivity index (χ2n) is 3.03. The monoisotopic (exact) mass is 204 g/mol. The van der Waals surface area contributed by atoms with Gasteiger partial charge in [0.25, 0.3) is 0 Å². The molecule has 0 unspecified atom stereocenters. The normalized spacial score (nSPS) is 10.2. The van der Waals surface area contributed by atoms with Crippen molar-refractivity contribution in [1.82, 2.24) is 9.97 Å². The summed E-state index contributed by atoms with van der Waals surface area (Å²) in [7, 11) is 0. The van der Waals surface area contributed by atoms with Crippen molar-refractivity contribution in [2.75, 3.05) is 0 Å². The number of nitrogens with zero attached hydrogens (tertiary/aromatic N) is 2. The summed E-state index contributed by atoms with van der Waals surface area (Å²) in [5.41, 5.74) is 1.44. The number of rotatable bonds is 2. The number of hydrogen-bond donors (Lipinski definition) is 1. The molecule has 0 bridgehead atoms. The molecule has 15 heavy (non-hydrogen) atoms. The summed E-state index contributed by atoms with van der Waals surface area (Å²) in [5, 5.41) is 8.66. The van der Waals surface area contributed by atoms with Gasteiger partial charge in [-0.05, 0) is 19.1 Å². The van der Waals surface area contributed by atoms with Gasteiger partial charge in [0, 0.05) is 17.5 Å². The van der Waals surface area contributed by atoms with Gasteiger partial charge in [0.1, 0.15) is 6.26 Å². The molecule has 0 radical (unpaired) electrons. The number of pyridine rings is 1. The molecule has 0 aliphatic rings. The molecule has 2 aromatic heterocycles. The summed E-state index contributed by atoms with van der Waals surface area (Å²) in [5.74, 6) is -0.811. The Morgan fingerprint density at radius 3 is 2.93 bits per heavy atom. The molecule has 5 nitrogen and oxygen atoms in total. The van der Waals surface area contributed by atoms with E-state index in [0.717, 1.165) is 17.5 Å². The summed E-state index contributed by atoms with van der Waals surface area (Å²) in [6.07, 6.45) is 2.74. The Bertz CT molecular complexity index is 505. The minimum Gasteiger partial charge on any atom is -0.476 e. The van der Waals surface area contributed by atoms with E-state index >= 15 is 0 Å². The Labute approximate surface area is 85.4 Å². The number of carboxylic acid groups (broad SMARTS) is 1. The third kappa shape index (κ3) is 1.85. The Morgan fingerprint density at radius 1 is 1.53 bits per heavy atom. The number of aromatic carboxylic acids is 1. The van der Waals surface area contributed by atoms with Crippen LogP contribution in [0.1, 0.15) is 16.2 Å². The highest BCUT2D eigenvalue weighted by molar-refractivity contribution is 5.85. The molecule has 0 spiro atoms. The Morgan fingerprint density at radius 2 is 2.33 bits per heavy atom. The van der Waals surface area contributed by atoms with E-state index in [1.165, 1.54) is 0 Å². The molecule has 0 amide bonds. The van der Waals surface area contributed by atoms with Crippen molar-refractivity contribution in [2.24, 2.45) is 0 Å². The fraction of sp³-hybridized carbons (Fsp3) is 0.100. The molecule has 2 aromatic rings. The predicted molar refractivity (Wildman–Crippen MR) is 51.4 cm³/mol. The van der Waals surface area contributed by atoms with Crippen LogP contribution in [0.2, 0.25) is 0 Å². The second kappa shape index (κ2) is 3.53. The number of carbonyl (C=O) groups is 1. The molecule has 0 atom stereocenters. The molecule has 5 heteroatoms. The Hall–Kier alpha value is -2.17. The molecule has 2 heterocycles. The summed E-state index contributed by atoms with van der Waals surface area (Å²) in [6, 6.07) is 3.49. The van der Waals surface area contributed by atoms with Crippen molar-refractivity contribution in [3.8, 4) is 11.5 Å². The van der Waals surface area contributed by atoms with Crippen LogP contribution in [0, 0.1) is 6.92 Å². The molecule has 1 N–H and O–H groups in total. The number of aromatic nitrogens is 2. The maximum Gasteiger partial charge on any atom is 0.357 e. The maximum absolute atomic E-state index is 10.6. The van der Waals surface area contributed by atoms with Crippen LogP contribution < -0.4 is 0 Å². The van der Waals surface area contributed by atoms with Gasteiger partial charge < -0.3 is 9.52 Å². The molecule has 0 aliphatic carbocycles. The van der Waals surface area contributed by atoms with Crippen molar-refractivity contribution in [3.63, 3.8) is 0 Å². The molecular weight excluding hydrogens is 196 g/mol. The van der Waals surface area contributed by atoms with E-state index in [0.29, 0.717) is 0 Å². The van der Waals surface area contributed by atoms with Crippen LogP contribution in [0.25, 0.3) is 11.5 Å². The zero-order chi connectivity index (χ0) is 10.8. The van der Waals surface area contributed by atoms with E-state index in [9.17, 15) is 4.79 Å². The van der Waals surface area contributed by atoms with Gasteiger partial charge in [-0.2, -0.15) is 0 Å². The van der Waals surface area contributed by atoms with E-state index in [1.54, 1.807) is 18.3 Å². The SMILES string of the molecule is Cc1cc(-c2nc(C(=O)O)co2)ccn1. The van der Waals surface area contributed by atoms with E-state index in [2.05, 4.69) is 9.97 Å². The lowest BCUT2D eigenvalue weighted by atomic mass is 10.2. The summed E-state index contributed by atoms with van der Waals surface area (Å²) in [4.78, 5) is 18.4. The van der Waals surface area contributed by atoms with Crippen molar-refractivity contribution < 1.29 is 14.3 Å². The summed E-state index contributed by atoms with van der Waals surface area (Å²) < 4.78 is 5.05. The molecule has 0 saturated carbocycles. The zero-order valence-corrected chi connectivity index (χ0v) is 7.97. The maximum atomic E-state index is 10.6. The standard InChI is InChI=1S/C10H8N2O3/c1-6-4-7(2-3-11-6)9-12-8(5-15-9)10(13)14/h2-5H,1H3,(H,13,14). The van der Waals surface area contributed by atoms with Crippen molar-refractivity contribution in [1.29, 1.82) is 0 Å². The first kappa shape index (κ1) is 9.39. The van der Waals surface area contributed by atoms with E-state index in [1.807, 2.05) is 6.92 Å². The molecule has 0 aliphatic heterocycles.